The van der Waals surface area contributed by atoms with Gasteiger partial charge in [-0.15, -0.1) is 0 Å². The first-order chi connectivity index (χ1) is 16.2. The number of ether oxygens (including phenoxy) is 2. The molecule has 33 heavy (non-hydrogen) atoms. The normalized spacial score (nSPS) is 20.0. The smallest absolute Gasteiger partial charge is 0.199 e. The van der Waals surface area contributed by atoms with Gasteiger partial charge in [-0.1, -0.05) is 91.0 Å². The minimum Gasteiger partial charge on any atom is -0.478 e. The van der Waals surface area contributed by atoms with E-state index < -0.39 is 5.41 Å². The second-order valence-electron chi connectivity index (χ2n) is 9.17. The van der Waals surface area contributed by atoms with E-state index in [0.717, 1.165) is 31.1 Å². The molecule has 3 aromatic rings. The van der Waals surface area contributed by atoms with Crippen LogP contribution in [0.25, 0.3) is 0 Å². The lowest BCUT2D eigenvalue weighted by Crippen LogP contribution is -2.39. The van der Waals surface area contributed by atoms with Crippen LogP contribution in [-0.2, 0) is 28.7 Å². The van der Waals surface area contributed by atoms with Crippen molar-refractivity contribution in [3.63, 3.8) is 0 Å². The third-order valence-electron chi connectivity index (χ3n) is 6.40. The van der Waals surface area contributed by atoms with Crippen molar-refractivity contribution in [2.75, 3.05) is 13.2 Å². The molecule has 0 N–H and O–H groups in total. The number of benzene rings is 3. The SMILES string of the molecule is CC(Cc1ccccc1)(C1=N[C@H](Cc2ccccc2)CO1)C1=N[C@H](Cc2ccccc2)CO1. The van der Waals surface area contributed by atoms with Crippen LogP contribution in [0, 0.1) is 5.41 Å². The van der Waals surface area contributed by atoms with Crippen LogP contribution in [0.15, 0.2) is 101 Å². The molecule has 4 heteroatoms. The zero-order valence-electron chi connectivity index (χ0n) is 19.1. The van der Waals surface area contributed by atoms with Gasteiger partial charge in [0.05, 0.1) is 12.1 Å². The maximum Gasteiger partial charge on any atom is 0.199 e. The molecule has 2 heterocycles. The zero-order chi connectivity index (χ0) is 22.5. The van der Waals surface area contributed by atoms with Crippen LogP contribution < -0.4 is 0 Å². The summed E-state index contributed by atoms with van der Waals surface area (Å²) in [6, 6.07) is 31.7. The third kappa shape index (κ3) is 5.00. The highest BCUT2D eigenvalue weighted by Crippen LogP contribution is 2.34. The Bertz CT molecular complexity index is 1040. The Kier molecular flexibility index (Phi) is 6.25. The number of hydrogen-bond donors (Lipinski definition) is 0. The van der Waals surface area contributed by atoms with Gasteiger partial charge >= 0.3 is 0 Å². The minimum absolute atomic E-state index is 0.111. The van der Waals surface area contributed by atoms with Gasteiger partial charge in [0.2, 0.25) is 0 Å². The number of nitrogens with zero attached hydrogens (tertiary/aromatic N) is 2. The Labute approximate surface area is 196 Å². The molecule has 0 amide bonds. The molecule has 0 saturated heterocycles. The number of hydrogen-bond acceptors (Lipinski definition) is 4. The molecule has 2 atom stereocenters. The standard InChI is InChI=1S/C29H30N2O2/c1-29(19-24-15-9-4-10-16-24,27-30-25(20-32-27)17-22-11-5-2-6-12-22)28-31-26(21-33-28)18-23-13-7-3-8-14-23/h2-16,25-26H,17-21H2,1H3/t25-,26-/m1/s1. The van der Waals surface area contributed by atoms with Crippen molar-refractivity contribution in [1.29, 1.82) is 0 Å². The lowest BCUT2D eigenvalue weighted by Gasteiger charge is -2.28. The summed E-state index contributed by atoms with van der Waals surface area (Å²) in [5.41, 5.74) is 3.24. The van der Waals surface area contributed by atoms with Crippen LogP contribution in [-0.4, -0.2) is 37.1 Å². The van der Waals surface area contributed by atoms with Gasteiger partial charge in [-0.05, 0) is 42.9 Å². The lowest BCUT2D eigenvalue weighted by molar-refractivity contribution is 0.256. The molecule has 0 fully saturated rings. The summed E-state index contributed by atoms with van der Waals surface area (Å²) in [5, 5.41) is 0. The Hall–Kier alpha value is -3.40. The molecule has 2 aliphatic heterocycles. The maximum absolute atomic E-state index is 6.23. The average Bonchev–Trinajstić information content (AvgIpc) is 3.52. The van der Waals surface area contributed by atoms with Gasteiger partial charge in [0, 0.05) is 0 Å². The summed E-state index contributed by atoms with van der Waals surface area (Å²) >= 11 is 0. The Balaban J connectivity index is 1.40. The van der Waals surface area contributed by atoms with E-state index in [9.17, 15) is 0 Å². The number of rotatable bonds is 8. The van der Waals surface area contributed by atoms with Crippen LogP contribution in [0.5, 0.6) is 0 Å². The Morgan fingerprint density at radius 1 is 0.636 bits per heavy atom. The summed E-state index contributed by atoms with van der Waals surface area (Å²) in [7, 11) is 0. The molecular weight excluding hydrogens is 408 g/mol. The molecule has 5 rings (SSSR count). The first-order valence-electron chi connectivity index (χ1n) is 11.7. The van der Waals surface area contributed by atoms with Gasteiger partial charge in [-0.3, -0.25) is 0 Å². The first-order valence-corrected chi connectivity index (χ1v) is 11.7. The molecule has 0 saturated carbocycles. The van der Waals surface area contributed by atoms with Gasteiger partial charge < -0.3 is 9.47 Å². The highest BCUT2D eigenvalue weighted by atomic mass is 16.5. The molecule has 2 aliphatic rings. The number of aliphatic imine (C=N–C) groups is 2. The van der Waals surface area contributed by atoms with Crippen molar-refractivity contribution in [2.24, 2.45) is 15.4 Å². The first kappa shape index (κ1) is 21.4. The van der Waals surface area contributed by atoms with Crippen LogP contribution in [0.4, 0.5) is 0 Å². The van der Waals surface area contributed by atoms with E-state index in [1.54, 1.807) is 0 Å². The topological polar surface area (TPSA) is 43.2 Å². The Morgan fingerprint density at radius 2 is 1.03 bits per heavy atom. The van der Waals surface area contributed by atoms with Gasteiger partial charge in [0.25, 0.3) is 0 Å². The maximum atomic E-state index is 6.23. The molecule has 0 aliphatic carbocycles. The van der Waals surface area contributed by atoms with E-state index in [1.165, 1.54) is 16.7 Å². The summed E-state index contributed by atoms with van der Waals surface area (Å²) in [6.07, 6.45) is 2.48. The summed E-state index contributed by atoms with van der Waals surface area (Å²) in [5.74, 6) is 1.48. The zero-order valence-corrected chi connectivity index (χ0v) is 19.1. The van der Waals surface area contributed by atoms with Gasteiger partial charge in [-0.2, -0.15) is 0 Å². The van der Waals surface area contributed by atoms with Gasteiger partial charge in [-0.25, -0.2) is 9.98 Å². The van der Waals surface area contributed by atoms with Gasteiger partial charge in [0.1, 0.15) is 18.6 Å². The van der Waals surface area contributed by atoms with Gasteiger partial charge in [0.15, 0.2) is 11.8 Å². The molecule has 0 spiro atoms. The van der Waals surface area contributed by atoms with Crippen LogP contribution in [0.3, 0.4) is 0 Å². The van der Waals surface area contributed by atoms with Crippen molar-refractivity contribution >= 4 is 11.8 Å². The van der Waals surface area contributed by atoms with Crippen molar-refractivity contribution in [3.8, 4) is 0 Å². The minimum atomic E-state index is -0.530. The fourth-order valence-corrected chi connectivity index (χ4v) is 4.66. The van der Waals surface area contributed by atoms with Crippen molar-refractivity contribution in [1.82, 2.24) is 0 Å². The predicted molar refractivity (Wildman–Crippen MR) is 133 cm³/mol. The van der Waals surface area contributed by atoms with E-state index in [-0.39, 0.29) is 12.1 Å². The largest absolute Gasteiger partial charge is 0.478 e. The van der Waals surface area contributed by atoms with E-state index in [2.05, 4.69) is 79.7 Å². The second kappa shape index (κ2) is 9.62. The molecule has 168 valence electrons. The van der Waals surface area contributed by atoms with Crippen molar-refractivity contribution in [2.45, 2.75) is 38.3 Å². The molecule has 0 unspecified atom stereocenters. The average molecular weight is 439 g/mol. The van der Waals surface area contributed by atoms with Crippen molar-refractivity contribution < 1.29 is 9.47 Å². The monoisotopic (exact) mass is 438 g/mol. The molecule has 0 radical (unpaired) electrons. The fourth-order valence-electron chi connectivity index (χ4n) is 4.66. The van der Waals surface area contributed by atoms with E-state index in [1.807, 2.05) is 18.2 Å². The molecule has 4 nitrogen and oxygen atoms in total. The molecular formula is C29H30N2O2. The molecule has 0 bridgehead atoms. The third-order valence-corrected chi connectivity index (χ3v) is 6.40. The van der Waals surface area contributed by atoms with E-state index >= 15 is 0 Å². The fraction of sp³-hybridized carbons (Fsp3) is 0.310. The lowest BCUT2D eigenvalue weighted by atomic mass is 9.82. The van der Waals surface area contributed by atoms with E-state index in [4.69, 9.17) is 19.5 Å². The summed E-state index contributed by atoms with van der Waals surface area (Å²) in [6.45, 7) is 3.35. The molecule has 3 aromatic carbocycles. The van der Waals surface area contributed by atoms with E-state index in [0.29, 0.717) is 13.2 Å². The summed E-state index contributed by atoms with van der Waals surface area (Å²) < 4.78 is 12.5. The predicted octanol–water partition coefficient (Wildman–Crippen LogP) is 5.32. The highest BCUT2D eigenvalue weighted by molar-refractivity contribution is 6.06. The van der Waals surface area contributed by atoms with Crippen LogP contribution >= 0.6 is 0 Å². The highest BCUT2D eigenvalue weighted by Gasteiger charge is 2.45. The summed E-state index contributed by atoms with van der Waals surface area (Å²) in [4.78, 5) is 10.1. The van der Waals surface area contributed by atoms with Crippen LogP contribution in [0.1, 0.15) is 23.6 Å². The quantitative estimate of drug-likeness (QED) is 0.478. The second-order valence-corrected chi connectivity index (χ2v) is 9.17. The van der Waals surface area contributed by atoms with Crippen molar-refractivity contribution in [3.05, 3.63) is 108 Å². The molecule has 0 aromatic heterocycles. The Morgan fingerprint density at radius 3 is 1.45 bits per heavy atom. The van der Waals surface area contributed by atoms with Crippen LogP contribution in [0.2, 0.25) is 0 Å².